The Morgan fingerprint density at radius 1 is 1.30 bits per heavy atom. The number of hydrogen-bond donors (Lipinski definition) is 3. The number of nitrogens with one attached hydrogen (secondary N) is 1. The Hall–Kier alpha value is -2.94. The van der Waals surface area contributed by atoms with Crippen LogP contribution in [0, 0.1) is 0 Å². The van der Waals surface area contributed by atoms with Crippen LogP contribution in [0.5, 0.6) is 0 Å². The molecule has 0 saturated carbocycles. The van der Waals surface area contributed by atoms with Crippen molar-refractivity contribution < 1.29 is 19.4 Å². The summed E-state index contributed by atoms with van der Waals surface area (Å²) in [6.07, 6.45) is 2.87. The molecule has 3 atom stereocenters. The van der Waals surface area contributed by atoms with E-state index < -0.39 is 29.7 Å². The molecule has 0 bridgehead atoms. The Bertz CT molecular complexity index is 1030. The van der Waals surface area contributed by atoms with Crippen molar-refractivity contribution in [2.75, 3.05) is 6.61 Å². The zero-order chi connectivity index (χ0) is 19.4. The standard InChI is InChI=1S/C10H8O.C9H12N2O5/c1-2-8-3-4-10-9(7-8)5-6-11-10;12-4-6-5(13)3-8(16-6)11-2-1-7(14)10-9(11)15/h2-7H,1H2;1-2,5-6,8,12-13H,3-4H2,(H,10,14,15)/t;5-,6+,8+/m.0/s1. The molecule has 2 aromatic heterocycles. The highest BCUT2D eigenvalue weighted by molar-refractivity contribution is 5.79. The van der Waals surface area contributed by atoms with Gasteiger partial charge in [-0.25, -0.2) is 4.79 Å². The minimum absolute atomic E-state index is 0.206. The molecule has 1 saturated heterocycles. The van der Waals surface area contributed by atoms with Gasteiger partial charge in [0.15, 0.2) is 0 Å². The van der Waals surface area contributed by atoms with E-state index in [2.05, 4.69) is 11.6 Å². The number of hydrogen-bond acceptors (Lipinski definition) is 6. The number of aliphatic hydroxyl groups is 2. The van der Waals surface area contributed by atoms with Crippen molar-refractivity contribution in [3.63, 3.8) is 0 Å². The van der Waals surface area contributed by atoms with Crippen molar-refractivity contribution in [2.24, 2.45) is 0 Å². The fourth-order valence-electron chi connectivity index (χ4n) is 2.82. The van der Waals surface area contributed by atoms with Crippen molar-refractivity contribution in [3.8, 4) is 0 Å². The average Bonchev–Trinajstić information content (AvgIpc) is 3.27. The molecule has 8 nitrogen and oxygen atoms in total. The predicted molar refractivity (Wildman–Crippen MR) is 99.2 cm³/mol. The minimum atomic E-state index is -0.811. The zero-order valence-corrected chi connectivity index (χ0v) is 14.4. The molecule has 142 valence electrons. The number of fused-ring (bicyclic) bond motifs is 1. The molecule has 1 aromatic carbocycles. The van der Waals surface area contributed by atoms with E-state index in [1.54, 1.807) is 6.26 Å². The lowest BCUT2D eigenvalue weighted by molar-refractivity contribution is -0.0459. The van der Waals surface area contributed by atoms with Gasteiger partial charge < -0.3 is 19.4 Å². The molecule has 4 rings (SSSR count). The van der Waals surface area contributed by atoms with Crippen LogP contribution >= 0.6 is 0 Å². The molecule has 0 spiro atoms. The van der Waals surface area contributed by atoms with Crippen LogP contribution in [0.15, 0.2) is 63.4 Å². The van der Waals surface area contributed by atoms with Crippen molar-refractivity contribution in [3.05, 3.63) is 75.8 Å². The Morgan fingerprint density at radius 3 is 2.78 bits per heavy atom. The average molecular weight is 372 g/mol. The summed E-state index contributed by atoms with van der Waals surface area (Å²) in [5.41, 5.74) is 0.969. The van der Waals surface area contributed by atoms with Gasteiger partial charge in [-0.3, -0.25) is 14.3 Å². The number of nitrogens with zero attached hydrogens (tertiary/aromatic N) is 1. The Kier molecular flexibility index (Phi) is 5.70. The first-order valence-electron chi connectivity index (χ1n) is 8.37. The van der Waals surface area contributed by atoms with Crippen LogP contribution in [0.1, 0.15) is 18.2 Å². The molecule has 27 heavy (non-hydrogen) atoms. The number of aromatic amines is 1. The van der Waals surface area contributed by atoms with Crippen molar-refractivity contribution in [2.45, 2.75) is 24.9 Å². The Balaban J connectivity index is 0.000000166. The Morgan fingerprint density at radius 2 is 2.11 bits per heavy atom. The fourth-order valence-corrected chi connectivity index (χ4v) is 2.82. The number of furan rings is 1. The molecular weight excluding hydrogens is 352 g/mol. The smallest absolute Gasteiger partial charge is 0.330 e. The normalized spacial score (nSPS) is 21.6. The van der Waals surface area contributed by atoms with Crippen LogP contribution in [0.25, 0.3) is 17.0 Å². The van der Waals surface area contributed by atoms with Crippen LogP contribution in [0.4, 0.5) is 0 Å². The van der Waals surface area contributed by atoms with Crippen LogP contribution in [-0.4, -0.2) is 38.6 Å². The third kappa shape index (κ3) is 4.25. The van der Waals surface area contributed by atoms with E-state index in [1.807, 2.05) is 30.3 Å². The first kappa shape index (κ1) is 18.8. The summed E-state index contributed by atoms with van der Waals surface area (Å²) in [5.74, 6) is 0. The molecule has 8 heteroatoms. The maximum absolute atomic E-state index is 11.4. The van der Waals surface area contributed by atoms with Crippen LogP contribution in [0.3, 0.4) is 0 Å². The molecule has 0 unspecified atom stereocenters. The predicted octanol–water partition coefficient (Wildman–Crippen LogP) is 1.25. The monoisotopic (exact) mass is 372 g/mol. The number of ether oxygens (including phenoxy) is 1. The van der Waals surface area contributed by atoms with E-state index in [-0.39, 0.29) is 13.0 Å². The van der Waals surface area contributed by atoms with Gasteiger partial charge in [0.25, 0.3) is 5.56 Å². The Labute approximate surface area is 154 Å². The summed E-state index contributed by atoms with van der Waals surface area (Å²) in [7, 11) is 0. The molecule has 0 amide bonds. The first-order valence-corrected chi connectivity index (χ1v) is 8.37. The third-order valence-corrected chi connectivity index (χ3v) is 4.26. The highest BCUT2D eigenvalue weighted by Crippen LogP contribution is 2.26. The number of H-pyrrole nitrogens is 1. The molecule has 1 aliphatic heterocycles. The lowest BCUT2D eigenvalue weighted by Crippen LogP contribution is -2.31. The van der Waals surface area contributed by atoms with Crippen LogP contribution in [-0.2, 0) is 4.74 Å². The van der Waals surface area contributed by atoms with E-state index in [9.17, 15) is 14.7 Å². The summed E-state index contributed by atoms with van der Waals surface area (Å²) in [5, 5.41) is 19.5. The van der Waals surface area contributed by atoms with Crippen molar-refractivity contribution in [1.82, 2.24) is 9.55 Å². The van der Waals surface area contributed by atoms with Crippen LogP contribution < -0.4 is 11.2 Å². The lowest BCUT2D eigenvalue weighted by Gasteiger charge is -2.13. The van der Waals surface area contributed by atoms with Crippen LogP contribution in [0.2, 0.25) is 0 Å². The summed E-state index contributed by atoms with van der Waals surface area (Å²) in [4.78, 5) is 24.3. The zero-order valence-electron chi connectivity index (χ0n) is 14.4. The van der Waals surface area contributed by atoms with Gasteiger partial charge in [0, 0.05) is 24.1 Å². The van der Waals surface area contributed by atoms with Gasteiger partial charge in [0.1, 0.15) is 17.9 Å². The molecule has 0 aliphatic carbocycles. The van der Waals surface area contributed by atoms with E-state index in [0.29, 0.717) is 0 Å². The van der Waals surface area contributed by atoms with E-state index in [4.69, 9.17) is 14.3 Å². The van der Waals surface area contributed by atoms with E-state index >= 15 is 0 Å². The number of benzene rings is 1. The summed E-state index contributed by atoms with van der Waals surface area (Å²) >= 11 is 0. The molecule has 3 N–H and O–H groups in total. The molecule has 1 fully saturated rings. The largest absolute Gasteiger partial charge is 0.464 e. The van der Waals surface area contributed by atoms with Gasteiger partial charge in [-0.1, -0.05) is 18.7 Å². The van der Waals surface area contributed by atoms with Gasteiger partial charge in [0.2, 0.25) is 0 Å². The maximum atomic E-state index is 11.4. The maximum Gasteiger partial charge on any atom is 0.330 e. The molecule has 1 aliphatic rings. The minimum Gasteiger partial charge on any atom is -0.464 e. The summed E-state index contributed by atoms with van der Waals surface area (Å²) < 4.78 is 11.6. The number of aliphatic hydroxyl groups excluding tert-OH is 2. The fraction of sp³-hybridized carbons (Fsp3) is 0.263. The molecular formula is C19H20N2O6. The van der Waals surface area contributed by atoms with Crippen molar-refractivity contribution in [1.29, 1.82) is 0 Å². The second-order valence-electron chi connectivity index (χ2n) is 6.05. The number of rotatable bonds is 3. The molecule has 3 heterocycles. The SMILES string of the molecule is C=Cc1ccc2occc2c1.O=c1ccn([C@H]2C[C@H](O)[C@@H](CO)O2)c(=O)[nH]1. The first-order chi connectivity index (χ1) is 13.0. The van der Waals surface area contributed by atoms with Gasteiger partial charge in [-0.05, 0) is 23.8 Å². The quantitative estimate of drug-likeness (QED) is 0.637. The molecule has 0 radical (unpaired) electrons. The number of aromatic nitrogens is 2. The second-order valence-corrected chi connectivity index (χ2v) is 6.05. The van der Waals surface area contributed by atoms with E-state index in [0.717, 1.165) is 16.5 Å². The summed E-state index contributed by atoms with van der Waals surface area (Å²) in [6, 6.07) is 9.13. The second kappa shape index (κ2) is 8.17. The van der Waals surface area contributed by atoms with Gasteiger partial charge >= 0.3 is 5.69 Å². The highest BCUT2D eigenvalue weighted by atomic mass is 16.5. The topological polar surface area (TPSA) is 118 Å². The summed E-state index contributed by atoms with van der Waals surface area (Å²) in [6.45, 7) is 3.38. The van der Waals surface area contributed by atoms with E-state index in [1.165, 1.54) is 16.8 Å². The lowest BCUT2D eigenvalue weighted by atomic mass is 10.2. The van der Waals surface area contributed by atoms with Gasteiger partial charge in [-0.15, -0.1) is 0 Å². The van der Waals surface area contributed by atoms with Gasteiger partial charge in [0.05, 0.1) is 19.0 Å². The molecule has 3 aromatic rings. The van der Waals surface area contributed by atoms with Gasteiger partial charge in [-0.2, -0.15) is 0 Å². The third-order valence-electron chi connectivity index (χ3n) is 4.26. The van der Waals surface area contributed by atoms with Crippen molar-refractivity contribution >= 4 is 17.0 Å². The highest BCUT2D eigenvalue weighted by Gasteiger charge is 2.34.